The summed E-state index contributed by atoms with van der Waals surface area (Å²) in [6.45, 7) is 1.51. The molecule has 0 radical (unpaired) electrons. The van der Waals surface area contributed by atoms with Crippen molar-refractivity contribution in [2.45, 2.75) is 32.2 Å². The van der Waals surface area contributed by atoms with Gasteiger partial charge in [-0.05, 0) is 41.3 Å². The minimum absolute atomic E-state index is 0.0182. The average molecular weight is 277 g/mol. The molecule has 2 nitrogen and oxygen atoms in total. The molecule has 0 saturated carbocycles. The molecular formula is C10H13BrO2S. The third kappa shape index (κ3) is 3.05. The fourth-order valence-corrected chi connectivity index (χ4v) is 2.82. The summed E-state index contributed by atoms with van der Waals surface area (Å²) >= 11 is 5.13. The predicted molar refractivity (Wildman–Crippen MR) is 60.4 cm³/mol. The molecule has 0 aliphatic carbocycles. The second kappa shape index (κ2) is 5.26. The Bertz CT molecular complexity index is 281. The highest BCUT2D eigenvalue weighted by molar-refractivity contribution is 9.10. The molecule has 1 aliphatic rings. The molecule has 0 aromatic carbocycles. The Hall–Kier alpha value is 0.1000. The van der Waals surface area contributed by atoms with Crippen molar-refractivity contribution in [3.63, 3.8) is 0 Å². The molecule has 1 aliphatic heterocycles. The Kier molecular flexibility index (Phi) is 3.99. The molecule has 0 bridgehead atoms. The maximum Gasteiger partial charge on any atom is 0.158 e. The number of ether oxygens (including phenoxy) is 2. The van der Waals surface area contributed by atoms with Crippen LogP contribution < -0.4 is 0 Å². The Labute approximate surface area is 96.4 Å². The van der Waals surface area contributed by atoms with Gasteiger partial charge in [-0.2, -0.15) is 0 Å². The third-order valence-corrected chi connectivity index (χ3v) is 3.84. The van der Waals surface area contributed by atoms with Gasteiger partial charge in [0.2, 0.25) is 0 Å². The molecular weight excluding hydrogens is 264 g/mol. The lowest BCUT2D eigenvalue weighted by Gasteiger charge is -2.22. The first kappa shape index (κ1) is 10.6. The van der Waals surface area contributed by atoms with E-state index in [-0.39, 0.29) is 6.29 Å². The first-order chi connectivity index (χ1) is 6.84. The summed E-state index contributed by atoms with van der Waals surface area (Å²) in [7, 11) is 0. The Balaban J connectivity index is 1.76. The Morgan fingerprint density at radius 2 is 2.50 bits per heavy atom. The quantitative estimate of drug-likeness (QED) is 0.841. The van der Waals surface area contributed by atoms with Crippen molar-refractivity contribution in [3.8, 4) is 0 Å². The molecule has 1 aromatic rings. The van der Waals surface area contributed by atoms with E-state index in [1.165, 1.54) is 17.7 Å². The predicted octanol–water partition coefficient (Wildman–Crippen LogP) is 3.55. The molecule has 78 valence electrons. The van der Waals surface area contributed by atoms with Crippen molar-refractivity contribution in [1.82, 2.24) is 0 Å². The molecule has 1 saturated heterocycles. The van der Waals surface area contributed by atoms with Gasteiger partial charge in [0.25, 0.3) is 0 Å². The number of rotatable bonds is 3. The molecule has 1 aromatic heterocycles. The van der Waals surface area contributed by atoms with Crippen LogP contribution in [0.4, 0.5) is 0 Å². The molecule has 0 N–H and O–H groups in total. The van der Waals surface area contributed by atoms with Gasteiger partial charge in [0.1, 0.15) is 0 Å². The number of hydrogen-bond acceptors (Lipinski definition) is 3. The van der Waals surface area contributed by atoms with E-state index in [9.17, 15) is 0 Å². The van der Waals surface area contributed by atoms with Crippen LogP contribution in [0.3, 0.4) is 0 Å². The Morgan fingerprint density at radius 3 is 3.14 bits per heavy atom. The van der Waals surface area contributed by atoms with Crippen LogP contribution in [0.5, 0.6) is 0 Å². The van der Waals surface area contributed by atoms with E-state index in [0.29, 0.717) is 6.61 Å². The van der Waals surface area contributed by atoms with Gasteiger partial charge < -0.3 is 9.47 Å². The maximum atomic E-state index is 5.65. The van der Waals surface area contributed by atoms with E-state index < -0.39 is 0 Å². The highest BCUT2D eigenvalue weighted by Crippen LogP contribution is 2.22. The zero-order valence-electron chi connectivity index (χ0n) is 7.87. The van der Waals surface area contributed by atoms with E-state index in [4.69, 9.17) is 9.47 Å². The molecule has 14 heavy (non-hydrogen) atoms. The maximum absolute atomic E-state index is 5.65. The van der Waals surface area contributed by atoms with Crippen molar-refractivity contribution >= 4 is 27.3 Å². The van der Waals surface area contributed by atoms with Crippen LogP contribution in [0.2, 0.25) is 0 Å². The first-order valence-electron chi connectivity index (χ1n) is 4.81. The molecule has 2 rings (SSSR count). The summed E-state index contributed by atoms with van der Waals surface area (Å²) in [6, 6.07) is 2.09. The van der Waals surface area contributed by atoms with Crippen LogP contribution in [0.15, 0.2) is 15.9 Å². The first-order valence-corrected chi connectivity index (χ1v) is 6.48. The Morgan fingerprint density at radius 1 is 1.57 bits per heavy atom. The molecule has 1 unspecified atom stereocenters. The number of thiophene rings is 1. The topological polar surface area (TPSA) is 18.5 Å². The number of hydrogen-bond donors (Lipinski definition) is 0. The lowest BCUT2D eigenvalue weighted by molar-refractivity contribution is -0.168. The fourth-order valence-electron chi connectivity index (χ4n) is 1.45. The van der Waals surface area contributed by atoms with Crippen molar-refractivity contribution in [1.29, 1.82) is 0 Å². The second-order valence-corrected chi connectivity index (χ2v) is 5.25. The standard InChI is InChI=1S/C10H13BrO2S/c11-8-5-9(14-7-8)6-13-10-3-1-2-4-12-10/h5,7,10H,1-4,6H2. The molecule has 2 heterocycles. The third-order valence-electron chi connectivity index (χ3n) is 2.17. The lowest BCUT2D eigenvalue weighted by atomic mass is 10.2. The van der Waals surface area contributed by atoms with Gasteiger partial charge >= 0.3 is 0 Å². The summed E-state index contributed by atoms with van der Waals surface area (Å²) in [4.78, 5) is 1.24. The van der Waals surface area contributed by atoms with Gasteiger partial charge in [0.15, 0.2) is 6.29 Å². The summed E-state index contributed by atoms with van der Waals surface area (Å²) in [5.74, 6) is 0. The van der Waals surface area contributed by atoms with Crippen molar-refractivity contribution in [2.24, 2.45) is 0 Å². The van der Waals surface area contributed by atoms with Gasteiger partial charge in [0.05, 0.1) is 6.61 Å². The molecule has 0 spiro atoms. The largest absolute Gasteiger partial charge is 0.353 e. The smallest absolute Gasteiger partial charge is 0.158 e. The van der Waals surface area contributed by atoms with Crippen molar-refractivity contribution in [3.05, 3.63) is 20.8 Å². The SMILES string of the molecule is Brc1csc(COC2CCCCO2)c1. The fraction of sp³-hybridized carbons (Fsp3) is 0.600. The second-order valence-electron chi connectivity index (χ2n) is 3.34. The van der Waals surface area contributed by atoms with Crippen molar-refractivity contribution in [2.75, 3.05) is 6.61 Å². The van der Waals surface area contributed by atoms with Crippen molar-refractivity contribution < 1.29 is 9.47 Å². The van der Waals surface area contributed by atoms with E-state index >= 15 is 0 Å². The molecule has 1 atom stereocenters. The van der Waals surface area contributed by atoms with E-state index in [1.807, 2.05) is 0 Å². The molecule has 1 fully saturated rings. The number of halogens is 1. The summed E-state index contributed by atoms with van der Waals surface area (Å²) in [6.07, 6.45) is 3.44. The monoisotopic (exact) mass is 276 g/mol. The van der Waals surface area contributed by atoms with Crippen LogP contribution in [0.1, 0.15) is 24.1 Å². The van der Waals surface area contributed by atoms with Gasteiger partial charge in [-0.15, -0.1) is 11.3 Å². The van der Waals surface area contributed by atoms with Crippen LogP contribution in [0.25, 0.3) is 0 Å². The van der Waals surface area contributed by atoms with Crippen LogP contribution >= 0.6 is 27.3 Å². The summed E-state index contributed by atoms with van der Waals surface area (Å²) in [5.41, 5.74) is 0. The van der Waals surface area contributed by atoms with Crippen LogP contribution in [-0.4, -0.2) is 12.9 Å². The normalized spacial score (nSPS) is 22.5. The summed E-state index contributed by atoms with van der Waals surface area (Å²) < 4.78 is 12.3. The van der Waals surface area contributed by atoms with E-state index in [1.54, 1.807) is 11.3 Å². The molecule has 0 amide bonds. The zero-order chi connectivity index (χ0) is 9.80. The minimum atomic E-state index is 0.0182. The highest BCUT2D eigenvalue weighted by Gasteiger charge is 2.14. The van der Waals surface area contributed by atoms with Crippen LogP contribution in [-0.2, 0) is 16.1 Å². The zero-order valence-corrected chi connectivity index (χ0v) is 10.3. The van der Waals surface area contributed by atoms with Gasteiger partial charge in [-0.25, -0.2) is 0 Å². The van der Waals surface area contributed by atoms with Gasteiger partial charge in [-0.1, -0.05) is 0 Å². The van der Waals surface area contributed by atoms with Gasteiger partial charge in [0, 0.05) is 21.3 Å². The van der Waals surface area contributed by atoms with E-state index in [0.717, 1.165) is 17.5 Å². The molecule has 4 heteroatoms. The average Bonchev–Trinajstić information content (AvgIpc) is 2.63. The van der Waals surface area contributed by atoms with Gasteiger partial charge in [-0.3, -0.25) is 0 Å². The van der Waals surface area contributed by atoms with E-state index in [2.05, 4.69) is 27.4 Å². The highest BCUT2D eigenvalue weighted by atomic mass is 79.9. The summed E-state index contributed by atoms with van der Waals surface area (Å²) in [5, 5.41) is 2.07. The lowest BCUT2D eigenvalue weighted by Crippen LogP contribution is -2.21. The minimum Gasteiger partial charge on any atom is -0.353 e. The van der Waals surface area contributed by atoms with Crippen LogP contribution in [0, 0.1) is 0 Å².